The van der Waals surface area contributed by atoms with Crippen LogP contribution in [-0.2, 0) is 9.59 Å². The highest BCUT2D eigenvalue weighted by Crippen LogP contribution is 2.52. The van der Waals surface area contributed by atoms with E-state index in [1.54, 1.807) is 18.7 Å². The van der Waals surface area contributed by atoms with E-state index in [1.165, 1.54) is 30.6 Å². The number of hydrogen-bond acceptors (Lipinski definition) is 6. The van der Waals surface area contributed by atoms with Gasteiger partial charge in [-0.05, 0) is 58.5 Å². The number of likely N-dealkylation sites (tertiary alicyclic amines) is 1. The zero-order valence-corrected chi connectivity index (χ0v) is 19.0. The van der Waals surface area contributed by atoms with Crippen LogP contribution in [-0.4, -0.2) is 82.0 Å². The van der Waals surface area contributed by atoms with Crippen molar-refractivity contribution in [1.82, 2.24) is 15.1 Å². The summed E-state index contributed by atoms with van der Waals surface area (Å²) in [7, 11) is 2.05. The fourth-order valence-corrected chi connectivity index (χ4v) is 7.44. The Morgan fingerprint density at radius 2 is 1.97 bits per heavy atom. The first-order valence-corrected chi connectivity index (χ1v) is 12.2. The number of carboxylic acid groups (broad SMARTS) is 1. The van der Waals surface area contributed by atoms with Gasteiger partial charge in [-0.1, -0.05) is 6.92 Å². The fraction of sp³-hybridized carbons (Fsp3) is 0.818. The predicted molar refractivity (Wildman–Crippen MR) is 117 cm³/mol. The quantitative estimate of drug-likeness (QED) is 0.522. The smallest absolute Gasteiger partial charge is 0.353 e. The molecule has 5 atom stereocenters. The Kier molecular flexibility index (Phi) is 6.49. The zero-order chi connectivity index (χ0) is 21.6. The van der Waals surface area contributed by atoms with E-state index in [4.69, 9.17) is 0 Å². The maximum Gasteiger partial charge on any atom is 0.353 e. The van der Waals surface area contributed by atoms with E-state index in [9.17, 15) is 19.8 Å². The lowest BCUT2D eigenvalue weighted by molar-refractivity contribution is -0.163. The molecule has 3 aliphatic heterocycles. The number of fused-ring (bicyclic) bond motifs is 1. The molecule has 3 N–H and O–H groups in total. The fourth-order valence-electron chi connectivity index (χ4n) is 5.92. The third-order valence-corrected chi connectivity index (χ3v) is 9.14. The molecule has 1 aliphatic carbocycles. The molecule has 0 unspecified atom stereocenters. The van der Waals surface area contributed by atoms with Crippen LogP contribution in [0.25, 0.3) is 0 Å². The van der Waals surface area contributed by atoms with Gasteiger partial charge < -0.3 is 25.3 Å². The van der Waals surface area contributed by atoms with Gasteiger partial charge in [-0.25, -0.2) is 4.79 Å². The molecule has 0 bridgehead atoms. The summed E-state index contributed by atoms with van der Waals surface area (Å²) in [6.45, 7) is 6.82. The number of β-lactam (4-membered cyclic amide) rings is 1. The topological polar surface area (TPSA) is 93.1 Å². The lowest BCUT2D eigenvalue weighted by atomic mass is 9.79. The maximum atomic E-state index is 12.5. The third-order valence-electron chi connectivity index (χ3n) is 7.61. The molecular formula is C22H35N3O4S. The van der Waals surface area contributed by atoms with Gasteiger partial charge in [0, 0.05) is 35.2 Å². The molecule has 3 fully saturated rings. The molecule has 7 nitrogen and oxygen atoms in total. The van der Waals surface area contributed by atoms with Crippen molar-refractivity contribution in [3.8, 4) is 0 Å². The highest BCUT2D eigenvalue weighted by Gasteiger charge is 2.60. The van der Waals surface area contributed by atoms with Crippen molar-refractivity contribution in [1.29, 1.82) is 0 Å². The summed E-state index contributed by atoms with van der Waals surface area (Å²) < 4.78 is 0. The Labute approximate surface area is 183 Å². The first-order chi connectivity index (χ1) is 14.3. The average Bonchev–Trinajstić information content (AvgIpc) is 3.23. The molecule has 0 radical (unpaired) electrons. The molecule has 2 saturated heterocycles. The number of aliphatic hydroxyl groups excluding tert-OH is 1. The third kappa shape index (κ3) is 3.92. The number of aliphatic carboxylic acids is 1. The summed E-state index contributed by atoms with van der Waals surface area (Å²) in [6.07, 6.45) is 5.39. The number of carbonyl (C=O) groups excluding carboxylic acids is 1. The molecule has 0 aromatic carbocycles. The molecule has 3 heterocycles. The van der Waals surface area contributed by atoms with Crippen LogP contribution in [0.5, 0.6) is 0 Å². The zero-order valence-electron chi connectivity index (χ0n) is 18.2. The second-order valence-electron chi connectivity index (χ2n) is 9.57. The number of rotatable bonds is 7. The molecular weight excluding hydrogens is 402 g/mol. The van der Waals surface area contributed by atoms with Gasteiger partial charge in [-0.15, -0.1) is 11.8 Å². The van der Waals surface area contributed by atoms with Gasteiger partial charge in [0.1, 0.15) is 5.70 Å². The van der Waals surface area contributed by atoms with E-state index in [0.29, 0.717) is 11.3 Å². The standard InChI is InChI=1S/C22H35N3O4S/c1-12-18-17(13(2)26)21(27)25(18)19(22(28)29)20(12)30-16-8-9-24(11-16)10-14-4-6-15(23-3)7-5-14/h12-18,23,26H,4-11H2,1-3H3,(H,28,29)/t12-,13-,14-,15+,16-,17-,18-/m1/s1. The van der Waals surface area contributed by atoms with Crippen LogP contribution in [0.3, 0.4) is 0 Å². The van der Waals surface area contributed by atoms with Crippen LogP contribution in [0.15, 0.2) is 10.6 Å². The number of amides is 1. The van der Waals surface area contributed by atoms with Crippen LogP contribution in [0.2, 0.25) is 0 Å². The van der Waals surface area contributed by atoms with E-state index < -0.39 is 18.0 Å². The Morgan fingerprint density at radius 3 is 2.57 bits per heavy atom. The SMILES string of the molecule is CN[C@H]1CC[C@@H](CN2CC[C@@H](SC3=C(C(=O)O)N4C(=O)[C@H]([C@@H](C)O)[C@H]4[C@H]3C)C2)CC1. The van der Waals surface area contributed by atoms with Gasteiger partial charge in [0.15, 0.2) is 0 Å². The number of carboxylic acids is 1. The normalized spacial score (nSPS) is 38.0. The number of nitrogens with one attached hydrogen (secondary N) is 1. The summed E-state index contributed by atoms with van der Waals surface area (Å²) >= 11 is 1.66. The van der Waals surface area contributed by atoms with Crippen LogP contribution < -0.4 is 5.32 Å². The van der Waals surface area contributed by atoms with E-state index in [0.717, 1.165) is 36.9 Å². The van der Waals surface area contributed by atoms with Crippen LogP contribution in [0, 0.1) is 17.8 Å². The predicted octanol–water partition coefficient (Wildman–Crippen LogP) is 1.73. The monoisotopic (exact) mass is 437 g/mol. The number of aliphatic hydroxyl groups is 1. The molecule has 8 heteroatoms. The van der Waals surface area contributed by atoms with Gasteiger partial charge in [0.05, 0.1) is 18.1 Å². The summed E-state index contributed by atoms with van der Waals surface area (Å²) in [4.78, 5) is 29.3. The Hall–Kier alpha value is -1.09. The summed E-state index contributed by atoms with van der Waals surface area (Å²) in [5.41, 5.74) is 0.156. The van der Waals surface area contributed by atoms with E-state index in [-0.39, 0.29) is 23.6 Å². The molecule has 168 valence electrons. The lowest BCUT2D eigenvalue weighted by Gasteiger charge is -2.46. The molecule has 4 rings (SSSR count). The summed E-state index contributed by atoms with van der Waals surface area (Å²) in [6, 6.07) is 0.456. The highest BCUT2D eigenvalue weighted by molar-refractivity contribution is 8.03. The average molecular weight is 438 g/mol. The maximum absolute atomic E-state index is 12.5. The molecule has 4 aliphatic rings. The van der Waals surface area contributed by atoms with Gasteiger partial charge in [-0.2, -0.15) is 0 Å². The van der Waals surface area contributed by atoms with E-state index in [1.807, 2.05) is 6.92 Å². The minimum absolute atomic E-state index is 0.0377. The number of nitrogens with zero attached hydrogens (tertiary/aromatic N) is 2. The first-order valence-electron chi connectivity index (χ1n) is 11.4. The van der Waals surface area contributed by atoms with Gasteiger partial charge in [0.25, 0.3) is 0 Å². The van der Waals surface area contributed by atoms with E-state index >= 15 is 0 Å². The van der Waals surface area contributed by atoms with Gasteiger partial charge >= 0.3 is 5.97 Å². The lowest BCUT2D eigenvalue weighted by Crippen LogP contribution is -2.63. The molecule has 30 heavy (non-hydrogen) atoms. The molecule has 0 spiro atoms. The van der Waals surface area contributed by atoms with Crippen molar-refractivity contribution in [3.63, 3.8) is 0 Å². The van der Waals surface area contributed by atoms with Gasteiger partial charge in [-0.3, -0.25) is 4.79 Å². The van der Waals surface area contributed by atoms with Crippen LogP contribution in [0.1, 0.15) is 46.0 Å². The molecule has 0 aromatic heterocycles. The number of thioether (sulfide) groups is 1. The number of hydrogen-bond donors (Lipinski definition) is 3. The van der Waals surface area contributed by atoms with Crippen molar-refractivity contribution >= 4 is 23.6 Å². The highest BCUT2D eigenvalue weighted by atomic mass is 32.2. The minimum Gasteiger partial charge on any atom is -0.477 e. The Morgan fingerprint density at radius 1 is 1.27 bits per heavy atom. The van der Waals surface area contributed by atoms with Crippen molar-refractivity contribution in [3.05, 3.63) is 10.6 Å². The first kappa shape index (κ1) is 22.1. The van der Waals surface area contributed by atoms with Gasteiger partial charge in [0.2, 0.25) is 5.91 Å². The van der Waals surface area contributed by atoms with Crippen LogP contribution >= 0.6 is 11.8 Å². The van der Waals surface area contributed by atoms with E-state index in [2.05, 4.69) is 17.3 Å². The second-order valence-corrected chi connectivity index (χ2v) is 10.9. The van der Waals surface area contributed by atoms with Crippen molar-refractivity contribution in [2.24, 2.45) is 17.8 Å². The van der Waals surface area contributed by atoms with Crippen molar-refractivity contribution in [2.75, 3.05) is 26.7 Å². The van der Waals surface area contributed by atoms with Crippen molar-refractivity contribution in [2.45, 2.75) is 69.4 Å². The van der Waals surface area contributed by atoms with Crippen LogP contribution in [0.4, 0.5) is 0 Å². The van der Waals surface area contributed by atoms with Crippen molar-refractivity contribution < 1.29 is 19.8 Å². The minimum atomic E-state index is -1.03. The Balaban J connectivity index is 1.37. The molecule has 0 aromatic rings. The molecule has 1 amide bonds. The second kappa shape index (κ2) is 8.81. The summed E-state index contributed by atoms with van der Waals surface area (Å²) in [5.74, 6) is -1.03. The Bertz CT molecular complexity index is 719. The number of carbonyl (C=O) groups is 2. The molecule has 1 saturated carbocycles. The summed E-state index contributed by atoms with van der Waals surface area (Å²) in [5, 5.41) is 23.6. The largest absolute Gasteiger partial charge is 0.477 e.